The zero-order chi connectivity index (χ0) is 26.2. The monoisotopic (exact) mass is 549 g/mol. The maximum absolute atomic E-state index is 14.1. The van der Waals surface area contributed by atoms with Gasteiger partial charge in [0.25, 0.3) is 5.56 Å². The molecule has 196 valence electrons. The second kappa shape index (κ2) is 10.3. The van der Waals surface area contributed by atoms with Crippen LogP contribution in [-0.4, -0.2) is 41.0 Å². The number of methoxy groups -OCH3 is 1. The molecule has 0 saturated carbocycles. The topological polar surface area (TPSA) is 91.7 Å². The Labute approximate surface area is 227 Å². The highest BCUT2D eigenvalue weighted by molar-refractivity contribution is 8.00. The molecule has 0 fully saturated rings. The summed E-state index contributed by atoms with van der Waals surface area (Å²) in [6.45, 7) is 2.78. The zero-order valence-electron chi connectivity index (χ0n) is 21.1. The van der Waals surface area contributed by atoms with E-state index in [2.05, 4.69) is 5.32 Å². The van der Waals surface area contributed by atoms with Crippen LogP contribution in [-0.2, 0) is 17.6 Å². The molecule has 2 aliphatic rings. The summed E-state index contributed by atoms with van der Waals surface area (Å²) in [6.07, 6.45) is 4.06. The van der Waals surface area contributed by atoms with E-state index in [0.29, 0.717) is 52.4 Å². The fraction of sp³-hybridized carbons (Fsp3) is 0.321. The van der Waals surface area contributed by atoms with Gasteiger partial charge in [-0.25, -0.2) is 4.98 Å². The third kappa shape index (κ3) is 4.52. The van der Waals surface area contributed by atoms with E-state index in [0.717, 1.165) is 36.1 Å². The van der Waals surface area contributed by atoms with Gasteiger partial charge in [-0.1, -0.05) is 23.9 Å². The number of aromatic nitrogens is 2. The van der Waals surface area contributed by atoms with Crippen LogP contribution in [0.4, 0.5) is 5.69 Å². The van der Waals surface area contributed by atoms with Gasteiger partial charge in [0.05, 0.1) is 23.4 Å². The molecule has 0 radical (unpaired) electrons. The maximum atomic E-state index is 14.1. The molecule has 1 aliphatic heterocycles. The van der Waals surface area contributed by atoms with Crippen LogP contribution >= 0.6 is 23.1 Å². The fourth-order valence-electron chi connectivity index (χ4n) is 4.87. The molecular weight excluding hydrogens is 522 g/mol. The van der Waals surface area contributed by atoms with Crippen molar-refractivity contribution >= 4 is 44.9 Å². The predicted octanol–water partition coefficient (Wildman–Crippen LogP) is 5.23. The lowest BCUT2D eigenvalue weighted by Crippen LogP contribution is -2.26. The summed E-state index contributed by atoms with van der Waals surface area (Å²) in [5.41, 5.74) is 2.22. The third-order valence-electron chi connectivity index (χ3n) is 6.75. The quantitative estimate of drug-likeness (QED) is 0.260. The van der Waals surface area contributed by atoms with E-state index in [-0.39, 0.29) is 11.5 Å². The molecule has 1 aliphatic carbocycles. The van der Waals surface area contributed by atoms with E-state index in [1.807, 2.05) is 24.3 Å². The molecule has 1 N–H and O–H groups in total. The fourth-order valence-corrected chi connectivity index (χ4v) is 7.09. The van der Waals surface area contributed by atoms with Crippen molar-refractivity contribution in [3.63, 3.8) is 0 Å². The van der Waals surface area contributed by atoms with Crippen LogP contribution in [0.2, 0.25) is 0 Å². The Balaban J connectivity index is 1.37. The van der Waals surface area contributed by atoms with Crippen LogP contribution in [0.1, 0.15) is 30.2 Å². The number of rotatable bonds is 6. The van der Waals surface area contributed by atoms with Gasteiger partial charge in [0.15, 0.2) is 16.7 Å². The Kier molecular flexibility index (Phi) is 6.75. The van der Waals surface area contributed by atoms with Crippen molar-refractivity contribution in [2.75, 3.05) is 25.6 Å². The van der Waals surface area contributed by atoms with Gasteiger partial charge >= 0.3 is 0 Å². The van der Waals surface area contributed by atoms with E-state index in [1.165, 1.54) is 16.6 Å². The Bertz CT molecular complexity index is 1600. The number of nitrogens with zero attached hydrogens (tertiary/aromatic N) is 2. The summed E-state index contributed by atoms with van der Waals surface area (Å²) < 4.78 is 18.4. The van der Waals surface area contributed by atoms with E-state index in [1.54, 1.807) is 48.1 Å². The molecule has 10 heteroatoms. The van der Waals surface area contributed by atoms with Crippen LogP contribution in [0.5, 0.6) is 17.2 Å². The largest absolute Gasteiger partial charge is 0.495 e. The summed E-state index contributed by atoms with van der Waals surface area (Å²) in [5.74, 6) is 1.62. The molecule has 1 unspecified atom stereocenters. The first-order valence-electron chi connectivity index (χ1n) is 12.6. The van der Waals surface area contributed by atoms with Crippen molar-refractivity contribution < 1.29 is 19.0 Å². The van der Waals surface area contributed by atoms with Crippen molar-refractivity contribution in [1.29, 1.82) is 0 Å². The van der Waals surface area contributed by atoms with Gasteiger partial charge < -0.3 is 19.5 Å². The highest BCUT2D eigenvalue weighted by atomic mass is 32.2. The number of thiophene rings is 1. The number of carbonyl (C=O) groups excluding carboxylic acids is 1. The van der Waals surface area contributed by atoms with Crippen LogP contribution in [0, 0.1) is 0 Å². The molecule has 3 heterocycles. The third-order valence-corrected chi connectivity index (χ3v) is 8.98. The normalized spacial score (nSPS) is 15.1. The van der Waals surface area contributed by atoms with Crippen molar-refractivity contribution in [1.82, 2.24) is 9.55 Å². The molecule has 2 aromatic heterocycles. The van der Waals surface area contributed by atoms with E-state index >= 15 is 0 Å². The van der Waals surface area contributed by atoms with Crippen molar-refractivity contribution in [2.24, 2.45) is 0 Å². The van der Waals surface area contributed by atoms with Crippen LogP contribution in [0.3, 0.4) is 0 Å². The van der Waals surface area contributed by atoms with Gasteiger partial charge in [-0.2, -0.15) is 0 Å². The molecular formula is C28H27N3O5S2. The Hall–Kier alpha value is -3.50. The van der Waals surface area contributed by atoms with Gasteiger partial charge in [0.2, 0.25) is 5.91 Å². The van der Waals surface area contributed by atoms with Crippen molar-refractivity contribution in [3.05, 3.63) is 63.3 Å². The van der Waals surface area contributed by atoms with Gasteiger partial charge in [0.1, 0.15) is 23.8 Å². The van der Waals surface area contributed by atoms with Gasteiger partial charge in [-0.3, -0.25) is 14.2 Å². The number of carbonyl (C=O) groups is 1. The summed E-state index contributed by atoms with van der Waals surface area (Å²) in [7, 11) is 1.58. The Morgan fingerprint density at radius 1 is 1.13 bits per heavy atom. The summed E-state index contributed by atoms with van der Waals surface area (Å²) >= 11 is 2.85. The van der Waals surface area contributed by atoms with Crippen LogP contribution in [0.25, 0.3) is 15.9 Å². The second-order valence-electron chi connectivity index (χ2n) is 9.21. The standard InChI is InChI=1S/C28H27N3O5S2/c1-16(25(32)29-17-11-12-21-22(15-17)36-14-13-35-21)37-28-30-26-24(18-7-3-6-10-23(18)38-26)27(33)31(28)19-8-4-5-9-20(19)34-2/h4-5,8-9,11-12,15-16H,3,6-7,10,13-14H2,1-2H3,(H,29,32). The lowest BCUT2D eigenvalue weighted by atomic mass is 9.97. The molecule has 0 saturated heterocycles. The van der Waals surface area contributed by atoms with Gasteiger partial charge in [-0.05, 0) is 62.4 Å². The number of nitrogens with one attached hydrogen (secondary N) is 1. The predicted molar refractivity (Wildman–Crippen MR) is 150 cm³/mol. The van der Waals surface area contributed by atoms with E-state index in [9.17, 15) is 9.59 Å². The number of para-hydroxylation sites is 2. The molecule has 8 nitrogen and oxygen atoms in total. The molecule has 0 spiro atoms. The van der Waals surface area contributed by atoms with Crippen molar-refractivity contribution in [3.8, 4) is 22.9 Å². The highest BCUT2D eigenvalue weighted by Gasteiger charge is 2.26. The van der Waals surface area contributed by atoms with E-state index < -0.39 is 5.25 Å². The minimum atomic E-state index is -0.539. The van der Waals surface area contributed by atoms with Crippen LogP contribution < -0.4 is 25.1 Å². The molecule has 1 atom stereocenters. The average Bonchev–Trinajstić information content (AvgIpc) is 3.31. The SMILES string of the molecule is COc1ccccc1-n1c(SC(C)C(=O)Nc2ccc3c(c2)OCCO3)nc2sc3c(c2c1=O)CCCC3. The molecule has 38 heavy (non-hydrogen) atoms. The average molecular weight is 550 g/mol. The smallest absolute Gasteiger partial charge is 0.267 e. The lowest BCUT2D eigenvalue weighted by Gasteiger charge is -2.20. The highest BCUT2D eigenvalue weighted by Crippen LogP contribution is 2.37. The second-order valence-corrected chi connectivity index (χ2v) is 11.6. The van der Waals surface area contributed by atoms with Crippen LogP contribution in [0.15, 0.2) is 52.4 Å². The first-order valence-corrected chi connectivity index (χ1v) is 14.3. The number of anilines is 1. The summed E-state index contributed by atoms with van der Waals surface area (Å²) in [6, 6.07) is 12.7. The first kappa shape index (κ1) is 24.8. The number of hydrogen-bond acceptors (Lipinski definition) is 8. The maximum Gasteiger partial charge on any atom is 0.267 e. The number of amides is 1. The molecule has 4 aromatic rings. The summed E-state index contributed by atoms with van der Waals surface area (Å²) in [4.78, 5) is 34.2. The van der Waals surface area contributed by atoms with E-state index in [4.69, 9.17) is 19.2 Å². The molecule has 2 aromatic carbocycles. The molecule has 6 rings (SSSR count). The number of fused-ring (bicyclic) bond motifs is 4. The number of hydrogen-bond donors (Lipinski definition) is 1. The minimum Gasteiger partial charge on any atom is -0.495 e. The molecule has 1 amide bonds. The Morgan fingerprint density at radius 3 is 2.76 bits per heavy atom. The van der Waals surface area contributed by atoms with Gasteiger partial charge in [-0.15, -0.1) is 11.3 Å². The number of ether oxygens (including phenoxy) is 3. The Morgan fingerprint density at radius 2 is 1.92 bits per heavy atom. The van der Waals surface area contributed by atoms with Crippen molar-refractivity contribution in [2.45, 2.75) is 43.0 Å². The first-order chi connectivity index (χ1) is 18.5. The van der Waals surface area contributed by atoms with Gasteiger partial charge in [0, 0.05) is 16.6 Å². The number of benzene rings is 2. The summed E-state index contributed by atoms with van der Waals surface area (Å²) in [5, 5.41) is 3.56. The minimum absolute atomic E-state index is 0.124. The number of aryl methyl sites for hydroxylation is 2. The zero-order valence-corrected chi connectivity index (χ0v) is 22.7. The lowest BCUT2D eigenvalue weighted by molar-refractivity contribution is -0.115. The molecule has 0 bridgehead atoms. The number of thioether (sulfide) groups is 1.